The first-order chi connectivity index (χ1) is 14.4. The Kier molecular flexibility index (Phi) is 5.04. The van der Waals surface area contributed by atoms with E-state index in [1.165, 1.54) is 23.1 Å². The molecule has 0 aliphatic carbocycles. The van der Waals surface area contributed by atoms with Gasteiger partial charge in [-0.3, -0.25) is 0 Å². The van der Waals surface area contributed by atoms with Crippen LogP contribution in [0.2, 0.25) is 0 Å². The van der Waals surface area contributed by atoms with Crippen LogP contribution in [0.5, 0.6) is 0 Å². The van der Waals surface area contributed by atoms with Crippen molar-refractivity contribution in [1.29, 1.82) is 0 Å². The van der Waals surface area contributed by atoms with Gasteiger partial charge in [-0.1, -0.05) is 0 Å². The van der Waals surface area contributed by atoms with E-state index in [9.17, 15) is 22.0 Å². The van der Waals surface area contributed by atoms with E-state index in [-0.39, 0.29) is 11.4 Å². The number of amides is 1. The Bertz CT molecular complexity index is 1270. The van der Waals surface area contributed by atoms with Gasteiger partial charge in [-0.25, -0.2) is 22.0 Å². The molecule has 0 atom stereocenters. The van der Waals surface area contributed by atoms with Crippen LogP contribution >= 0.6 is 0 Å². The molecule has 1 aliphatic rings. The molecule has 0 saturated heterocycles. The zero-order valence-corrected chi connectivity index (χ0v) is 18.1. The summed E-state index contributed by atoms with van der Waals surface area (Å²) in [6.07, 6.45) is -0.00742. The molecule has 1 aliphatic heterocycles. The van der Waals surface area contributed by atoms with E-state index in [2.05, 4.69) is 0 Å². The Morgan fingerprint density at radius 2 is 1.74 bits per heavy atom. The quantitative estimate of drug-likeness (QED) is 0.560. The van der Waals surface area contributed by atoms with Crippen molar-refractivity contribution in [2.45, 2.75) is 49.1 Å². The highest BCUT2D eigenvalue weighted by Gasteiger charge is 2.30. The van der Waals surface area contributed by atoms with Gasteiger partial charge in [-0.05, 0) is 51.1 Å². The lowest BCUT2D eigenvalue weighted by Crippen LogP contribution is -2.39. The molecule has 0 N–H and O–H groups in total. The number of hydrogen-bond donors (Lipinski definition) is 0. The number of nitrogens with zero attached hydrogens (tertiary/aromatic N) is 1. The molecule has 3 aromatic rings. The maximum atomic E-state index is 13.6. The van der Waals surface area contributed by atoms with Crippen LogP contribution in [0.3, 0.4) is 0 Å². The van der Waals surface area contributed by atoms with E-state index in [1.807, 2.05) is 0 Å². The van der Waals surface area contributed by atoms with Crippen LogP contribution in [0, 0.1) is 11.6 Å². The van der Waals surface area contributed by atoms with Crippen molar-refractivity contribution in [1.82, 2.24) is 4.90 Å². The molecule has 4 rings (SSSR count). The molecular formula is C22H21F2NO5S. The maximum absolute atomic E-state index is 13.6. The summed E-state index contributed by atoms with van der Waals surface area (Å²) < 4.78 is 64.3. The smallest absolute Gasteiger partial charge is 0.410 e. The number of furan rings is 1. The summed E-state index contributed by atoms with van der Waals surface area (Å²) >= 11 is 0. The van der Waals surface area contributed by atoms with Gasteiger partial charge < -0.3 is 14.1 Å². The minimum atomic E-state index is -4.16. The van der Waals surface area contributed by atoms with Gasteiger partial charge in [-0.2, -0.15) is 0 Å². The first-order valence-corrected chi connectivity index (χ1v) is 11.2. The molecule has 0 fully saturated rings. The number of fused-ring (bicyclic) bond motifs is 3. The van der Waals surface area contributed by atoms with Crippen LogP contribution in [-0.4, -0.2) is 31.6 Å². The second kappa shape index (κ2) is 7.33. The average molecular weight is 449 g/mol. The van der Waals surface area contributed by atoms with E-state index in [1.54, 1.807) is 20.8 Å². The molecule has 1 aromatic heterocycles. The third kappa shape index (κ3) is 4.14. The van der Waals surface area contributed by atoms with E-state index in [0.717, 1.165) is 12.1 Å². The zero-order chi connectivity index (χ0) is 22.6. The van der Waals surface area contributed by atoms with Gasteiger partial charge in [0.1, 0.15) is 28.6 Å². The van der Waals surface area contributed by atoms with E-state index >= 15 is 0 Å². The number of hydrogen-bond acceptors (Lipinski definition) is 5. The number of carbonyl (C=O) groups is 1. The summed E-state index contributed by atoms with van der Waals surface area (Å²) in [5.74, 6) is -1.29. The lowest BCUT2D eigenvalue weighted by atomic mass is 10.1. The second-order valence-corrected chi connectivity index (χ2v) is 10.4. The average Bonchev–Trinajstić information content (AvgIpc) is 3.03. The van der Waals surface area contributed by atoms with Gasteiger partial charge in [0.25, 0.3) is 0 Å². The maximum Gasteiger partial charge on any atom is 0.410 e. The van der Waals surface area contributed by atoms with Gasteiger partial charge in [0.05, 0.1) is 16.3 Å². The number of ether oxygens (including phenoxy) is 1. The van der Waals surface area contributed by atoms with E-state index in [0.29, 0.717) is 41.3 Å². The molecule has 0 spiro atoms. The molecule has 2 aromatic carbocycles. The molecule has 0 unspecified atom stereocenters. The predicted molar refractivity (Wildman–Crippen MR) is 108 cm³/mol. The summed E-state index contributed by atoms with van der Waals surface area (Å²) in [6.45, 7) is 5.95. The summed E-state index contributed by atoms with van der Waals surface area (Å²) in [5.41, 5.74) is 0.520. The fourth-order valence-corrected chi connectivity index (χ4v) is 4.86. The fourth-order valence-electron chi connectivity index (χ4n) is 3.53. The summed E-state index contributed by atoms with van der Waals surface area (Å²) in [6, 6.07) is 6.42. The molecule has 2 heterocycles. The summed E-state index contributed by atoms with van der Waals surface area (Å²) in [4.78, 5) is 13.4. The molecular weight excluding hydrogens is 428 g/mol. The van der Waals surface area contributed by atoms with Crippen molar-refractivity contribution >= 4 is 26.9 Å². The van der Waals surface area contributed by atoms with Crippen molar-refractivity contribution in [3.05, 3.63) is 59.4 Å². The van der Waals surface area contributed by atoms with Crippen LogP contribution in [0.15, 0.2) is 50.6 Å². The Morgan fingerprint density at radius 1 is 1.06 bits per heavy atom. The Labute approximate surface area is 178 Å². The molecule has 31 heavy (non-hydrogen) atoms. The first kappa shape index (κ1) is 21.3. The Morgan fingerprint density at radius 3 is 2.39 bits per heavy atom. The van der Waals surface area contributed by atoms with Crippen LogP contribution in [0.4, 0.5) is 13.6 Å². The van der Waals surface area contributed by atoms with E-state index < -0.39 is 38.1 Å². The topological polar surface area (TPSA) is 76.8 Å². The first-order valence-electron chi connectivity index (χ1n) is 9.67. The monoisotopic (exact) mass is 449 g/mol. The normalized spacial score (nSPS) is 14.5. The molecule has 9 heteroatoms. The number of rotatable bonds is 2. The molecule has 6 nitrogen and oxygen atoms in total. The van der Waals surface area contributed by atoms with Crippen LogP contribution < -0.4 is 0 Å². The molecule has 164 valence electrons. The minimum Gasteiger partial charge on any atom is -0.461 e. The van der Waals surface area contributed by atoms with Gasteiger partial charge in [0.2, 0.25) is 9.84 Å². The van der Waals surface area contributed by atoms with Crippen molar-refractivity contribution in [3.8, 4) is 0 Å². The van der Waals surface area contributed by atoms with Gasteiger partial charge in [0, 0.05) is 30.0 Å². The lowest BCUT2D eigenvalue weighted by Gasteiger charge is -2.29. The number of benzene rings is 2. The van der Waals surface area contributed by atoms with Crippen LogP contribution in [0.1, 0.15) is 32.1 Å². The van der Waals surface area contributed by atoms with Crippen molar-refractivity contribution in [2.24, 2.45) is 0 Å². The van der Waals surface area contributed by atoms with Crippen molar-refractivity contribution < 1.29 is 31.1 Å². The summed E-state index contributed by atoms with van der Waals surface area (Å²) in [5, 5.41) is 0.529. The van der Waals surface area contributed by atoms with Crippen molar-refractivity contribution in [3.63, 3.8) is 0 Å². The standard InChI is InChI=1S/C22H21F2NO5S/c1-22(2,3)30-21(26)25-7-6-20-18(12-25)17-11-15(4-5-19(17)29-20)31(27,28)16-9-13(23)8-14(24)10-16/h4-5,8-11H,6-7,12H2,1-3H3. The van der Waals surface area contributed by atoms with Gasteiger partial charge in [0.15, 0.2) is 0 Å². The minimum absolute atomic E-state index is 0.122. The van der Waals surface area contributed by atoms with Gasteiger partial charge >= 0.3 is 6.09 Å². The Balaban J connectivity index is 1.73. The largest absolute Gasteiger partial charge is 0.461 e. The SMILES string of the molecule is CC(C)(C)OC(=O)N1CCc2oc3ccc(S(=O)(=O)c4cc(F)cc(F)c4)cc3c2C1. The second-order valence-electron chi connectivity index (χ2n) is 8.42. The van der Waals surface area contributed by atoms with Crippen LogP contribution in [-0.2, 0) is 27.5 Å². The number of carbonyl (C=O) groups excluding carboxylic acids is 1. The molecule has 1 amide bonds. The molecule has 0 bridgehead atoms. The fraction of sp³-hybridized carbons (Fsp3) is 0.318. The highest BCUT2D eigenvalue weighted by atomic mass is 32.2. The highest BCUT2D eigenvalue weighted by Crippen LogP contribution is 2.34. The number of sulfone groups is 1. The van der Waals surface area contributed by atoms with E-state index in [4.69, 9.17) is 9.15 Å². The van der Waals surface area contributed by atoms with Crippen molar-refractivity contribution in [2.75, 3.05) is 6.54 Å². The number of halogens is 2. The van der Waals surface area contributed by atoms with Gasteiger partial charge in [-0.15, -0.1) is 0 Å². The zero-order valence-electron chi connectivity index (χ0n) is 17.2. The third-order valence-corrected chi connectivity index (χ3v) is 6.64. The van der Waals surface area contributed by atoms with Crippen LogP contribution in [0.25, 0.3) is 11.0 Å². The third-order valence-electron chi connectivity index (χ3n) is 4.91. The summed E-state index contributed by atoms with van der Waals surface area (Å²) in [7, 11) is -4.16. The predicted octanol–water partition coefficient (Wildman–Crippen LogP) is 4.84. The molecule has 0 radical (unpaired) electrons. The Hall–Kier alpha value is -2.94. The molecule has 0 saturated carbocycles. The lowest BCUT2D eigenvalue weighted by molar-refractivity contribution is 0.0220. The highest BCUT2D eigenvalue weighted by molar-refractivity contribution is 7.91.